The van der Waals surface area contributed by atoms with Crippen LogP contribution in [0.5, 0.6) is 0 Å². The maximum absolute atomic E-state index is 12.2. The summed E-state index contributed by atoms with van der Waals surface area (Å²) < 4.78 is 31.6. The molecule has 2 aromatic rings. The molecule has 0 aliphatic carbocycles. The van der Waals surface area contributed by atoms with Crippen LogP contribution < -0.4 is 4.72 Å². The van der Waals surface area contributed by atoms with Gasteiger partial charge in [0.05, 0.1) is 0 Å². The van der Waals surface area contributed by atoms with E-state index < -0.39 is 10.0 Å². The summed E-state index contributed by atoms with van der Waals surface area (Å²) in [4.78, 5) is 0.101. The third kappa shape index (κ3) is 2.51. The fraction of sp³-hybridized carbons (Fsp3) is 0.455. The summed E-state index contributed by atoms with van der Waals surface area (Å²) in [6, 6.07) is 4.65. The molecule has 0 bridgehead atoms. The molecule has 7 heteroatoms. The van der Waals surface area contributed by atoms with E-state index in [1.807, 2.05) is 13.8 Å². The van der Waals surface area contributed by atoms with E-state index in [0.29, 0.717) is 5.52 Å². The Kier molecular flexibility index (Phi) is 3.63. The summed E-state index contributed by atoms with van der Waals surface area (Å²) >= 11 is 0. The second-order valence-electron chi connectivity index (χ2n) is 4.20. The first-order chi connectivity index (χ1) is 8.54. The van der Waals surface area contributed by atoms with Crippen molar-refractivity contribution in [1.82, 2.24) is 15.0 Å². The quantitative estimate of drug-likeness (QED) is 0.892. The Labute approximate surface area is 105 Å². The molecule has 0 unspecified atom stereocenters. The van der Waals surface area contributed by atoms with Crippen LogP contribution >= 0.6 is 0 Å². The van der Waals surface area contributed by atoms with Gasteiger partial charge in [0.1, 0.15) is 10.4 Å². The third-order valence-electron chi connectivity index (χ3n) is 2.62. The first-order valence-corrected chi connectivity index (χ1v) is 7.26. The van der Waals surface area contributed by atoms with Crippen molar-refractivity contribution in [2.24, 2.45) is 0 Å². The van der Waals surface area contributed by atoms with Gasteiger partial charge in [-0.15, -0.1) is 0 Å². The third-order valence-corrected chi connectivity index (χ3v) is 4.24. The van der Waals surface area contributed by atoms with Gasteiger partial charge in [-0.3, -0.25) is 0 Å². The Balaban J connectivity index is 2.38. The fourth-order valence-electron chi connectivity index (χ4n) is 1.82. The van der Waals surface area contributed by atoms with E-state index in [1.165, 1.54) is 6.07 Å². The number of hydrogen-bond donors (Lipinski definition) is 1. The Morgan fingerprint density at radius 3 is 2.89 bits per heavy atom. The van der Waals surface area contributed by atoms with Gasteiger partial charge >= 0.3 is 0 Å². The zero-order valence-corrected chi connectivity index (χ0v) is 11.1. The molecule has 1 aromatic heterocycles. The zero-order valence-electron chi connectivity index (χ0n) is 10.3. The van der Waals surface area contributed by atoms with Crippen LogP contribution in [0.15, 0.2) is 27.7 Å². The molecule has 1 atom stereocenters. The summed E-state index contributed by atoms with van der Waals surface area (Å²) in [6.45, 7) is 3.84. The molecule has 1 heterocycles. The van der Waals surface area contributed by atoms with Crippen molar-refractivity contribution < 1.29 is 13.0 Å². The predicted octanol–water partition coefficient (Wildman–Crippen LogP) is 1.69. The van der Waals surface area contributed by atoms with Gasteiger partial charge in [0.2, 0.25) is 10.0 Å². The summed E-state index contributed by atoms with van der Waals surface area (Å²) in [5.74, 6) is 0. The lowest BCUT2D eigenvalue weighted by atomic mass is 10.2. The van der Waals surface area contributed by atoms with Crippen LogP contribution in [0.25, 0.3) is 11.0 Å². The van der Waals surface area contributed by atoms with Crippen LogP contribution in [0.1, 0.15) is 26.7 Å². The van der Waals surface area contributed by atoms with Crippen molar-refractivity contribution in [1.29, 1.82) is 0 Å². The minimum Gasteiger partial charge on any atom is -0.243 e. The number of nitrogens with one attached hydrogen (secondary N) is 1. The normalized spacial score (nSPS) is 13.9. The van der Waals surface area contributed by atoms with Gasteiger partial charge in [-0.25, -0.2) is 17.8 Å². The number of sulfonamides is 1. The van der Waals surface area contributed by atoms with Gasteiger partial charge in [0.15, 0.2) is 5.52 Å². The summed E-state index contributed by atoms with van der Waals surface area (Å²) in [7, 11) is -3.59. The van der Waals surface area contributed by atoms with Crippen molar-refractivity contribution in [2.75, 3.05) is 0 Å². The highest BCUT2D eigenvalue weighted by molar-refractivity contribution is 7.89. The summed E-state index contributed by atoms with van der Waals surface area (Å²) in [6.07, 6.45) is 1.70. The molecule has 18 heavy (non-hydrogen) atoms. The lowest BCUT2D eigenvalue weighted by molar-refractivity contribution is 0.315. The van der Waals surface area contributed by atoms with Gasteiger partial charge in [-0.1, -0.05) is 19.4 Å². The van der Waals surface area contributed by atoms with Gasteiger partial charge < -0.3 is 0 Å². The van der Waals surface area contributed by atoms with Crippen molar-refractivity contribution in [3.63, 3.8) is 0 Å². The Bertz CT molecular complexity index is 636. The van der Waals surface area contributed by atoms with Crippen LogP contribution in [0, 0.1) is 0 Å². The monoisotopic (exact) mass is 269 g/mol. The molecule has 0 saturated carbocycles. The molecule has 0 fully saturated rings. The number of rotatable bonds is 5. The standard InChI is InChI=1S/C11H15N3O3S/c1-3-5-8(2)14-18(15,16)10-7-4-6-9-11(10)13-17-12-9/h4,6-8,14H,3,5H2,1-2H3/t8-/m0/s1. The minimum absolute atomic E-state index is 0.101. The van der Waals surface area contributed by atoms with E-state index in [9.17, 15) is 8.42 Å². The molecule has 0 aliphatic heterocycles. The molecule has 6 nitrogen and oxygen atoms in total. The summed E-state index contributed by atoms with van der Waals surface area (Å²) in [5.41, 5.74) is 0.690. The second-order valence-corrected chi connectivity index (χ2v) is 5.88. The highest BCUT2D eigenvalue weighted by Crippen LogP contribution is 2.19. The number of hydrogen-bond acceptors (Lipinski definition) is 5. The summed E-state index contributed by atoms with van der Waals surface area (Å²) in [5, 5.41) is 7.26. The Morgan fingerprint density at radius 2 is 2.17 bits per heavy atom. The van der Waals surface area contributed by atoms with Gasteiger partial charge in [0, 0.05) is 6.04 Å². The van der Waals surface area contributed by atoms with Crippen LogP contribution in [0.4, 0.5) is 0 Å². The number of aromatic nitrogens is 2. The number of fused-ring (bicyclic) bond motifs is 1. The smallest absolute Gasteiger partial charge is 0.243 e. The molecule has 0 radical (unpaired) electrons. The number of benzene rings is 1. The fourth-order valence-corrected chi connectivity index (χ4v) is 3.25. The lowest BCUT2D eigenvalue weighted by Crippen LogP contribution is -2.32. The first kappa shape index (κ1) is 13.0. The SMILES string of the molecule is CCC[C@H](C)NS(=O)(=O)c1cccc2nonc12. The maximum atomic E-state index is 12.2. The molecular weight excluding hydrogens is 254 g/mol. The van der Waals surface area contributed by atoms with E-state index in [2.05, 4.69) is 19.7 Å². The predicted molar refractivity (Wildman–Crippen MR) is 66.5 cm³/mol. The van der Waals surface area contributed by atoms with E-state index in [1.54, 1.807) is 12.1 Å². The van der Waals surface area contributed by atoms with Crippen LogP contribution in [0.3, 0.4) is 0 Å². The molecule has 2 rings (SSSR count). The molecule has 1 N–H and O–H groups in total. The molecule has 0 aliphatic rings. The average molecular weight is 269 g/mol. The average Bonchev–Trinajstić information content (AvgIpc) is 2.75. The van der Waals surface area contributed by atoms with E-state index in [4.69, 9.17) is 0 Å². The van der Waals surface area contributed by atoms with E-state index in [0.717, 1.165) is 12.8 Å². The molecule has 1 aromatic carbocycles. The first-order valence-electron chi connectivity index (χ1n) is 5.78. The van der Waals surface area contributed by atoms with Gasteiger partial charge in [-0.2, -0.15) is 0 Å². The van der Waals surface area contributed by atoms with Crippen molar-refractivity contribution >= 4 is 21.1 Å². The molecule has 0 spiro atoms. The Hall–Kier alpha value is -1.47. The van der Waals surface area contributed by atoms with Crippen molar-refractivity contribution in [3.05, 3.63) is 18.2 Å². The Morgan fingerprint density at radius 1 is 1.39 bits per heavy atom. The van der Waals surface area contributed by atoms with Gasteiger partial charge in [-0.05, 0) is 35.8 Å². The molecule has 98 valence electrons. The van der Waals surface area contributed by atoms with Crippen molar-refractivity contribution in [2.45, 2.75) is 37.6 Å². The number of nitrogens with zero attached hydrogens (tertiary/aromatic N) is 2. The highest BCUT2D eigenvalue weighted by atomic mass is 32.2. The van der Waals surface area contributed by atoms with Crippen LogP contribution in [-0.4, -0.2) is 24.8 Å². The highest BCUT2D eigenvalue weighted by Gasteiger charge is 2.21. The van der Waals surface area contributed by atoms with Crippen molar-refractivity contribution in [3.8, 4) is 0 Å². The lowest BCUT2D eigenvalue weighted by Gasteiger charge is -2.12. The minimum atomic E-state index is -3.59. The second kappa shape index (κ2) is 5.03. The van der Waals surface area contributed by atoms with E-state index in [-0.39, 0.29) is 16.5 Å². The van der Waals surface area contributed by atoms with Crippen LogP contribution in [0.2, 0.25) is 0 Å². The topological polar surface area (TPSA) is 85.1 Å². The largest absolute Gasteiger partial charge is 0.243 e. The van der Waals surface area contributed by atoms with E-state index >= 15 is 0 Å². The molecular formula is C11H15N3O3S. The van der Waals surface area contributed by atoms with Crippen LogP contribution in [-0.2, 0) is 10.0 Å². The zero-order chi connectivity index (χ0) is 13.2. The molecule has 0 amide bonds. The van der Waals surface area contributed by atoms with Gasteiger partial charge in [0.25, 0.3) is 0 Å². The maximum Gasteiger partial charge on any atom is 0.243 e. The molecule has 0 saturated heterocycles.